The van der Waals surface area contributed by atoms with Gasteiger partial charge >= 0.3 is 0 Å². The van der Waals surface area contributed by atoms with Gasteiger partial charge in [-0.2, -0.15) is 5.10 Å². The normalized spacial score (nSPS) is 14.4. The molecule has 0 radical (unpaired) electrons. The summed E-state index contributed by atoms with van der Waals surface area (Å²) in [6.07, 6.45) is 9.46. The topological polar surface area (TPSA) is 81.3 Å². The highest BCUT2D eigenvalue weighted by Gasteiger charge is 2.23. The number of imidazole rings is 1. The van der Waals surface area contributed by atoms with E-state index in [0.29, 0.717) is 17.5 Å². The van der Waals surface area contributed by atoms with Crippen LogP contribution in [-0.4, -0.2) is 27.6 Å². The number of benzene rings is 1. The Morgan fingerprint density at radius 3 is 2.80 bits per heavy atom. The molecular weight excluding hydrogens is 422 g/mol. The fourth-order valence-corrected chi connectivity index (χ4v) is 4.62. The first-order chi connectivity index (χ1) is 14.5. The SMILES string of the molecule is O=S(=O)(NCc1cccc(Cl)c1)c1cnn(Cc2cn3cc(C4CC4)ccc3n2)c1. The molecule has 1 aliphatic rings. The number of fused-ring (bicyclic) bond motifs is 1. The van der Waals surface area contributed by atoms with Crippen molar-refractivity contribution in [3.8, 4) is 0 Å². The third kappa shape index (κ3) is 4.12. The average molecular weight is 442 g/mol. The van der Waals surface area contributed by atoms with Crippen molar-refractivity contribution in [3.63, 3.8) is 0 Å². The van der Waals surface area contributed by atoms with E-state index in [2.05, 4.69) is 27.1 Å². The number of halogens is 1. The Morgan fingerprint density at radius 2 is 2.00 bits per heavy atom. The molecule has 1 aliphatic carbocycles. The molecule has 0 unspecified atom stereocenters. The maximum atomic E-state index is 12.6. The Balaban J connectivity index is 1.29. The van der Waals surface area contributed by atoms with Crippen LogP contribution >= 0.6 is 11.6 Å². The van der Waals surface area contributed by atoms with E-state index >= 15 is 0 Å². The summed E-state index contributed by atoms with van der Waals surface area (Å²) in [6.45, 7) is 0.550. The van der Waals surface area contributed by atoms with E-state index in [4.69, 9.17) is 11.6 Å². The predicted octanol–water partition coefficient (Wildman–Crippen LogP) is 3.59. The number of aromatic nitrogens is 4. The second-order valence-corrected chi connectivity index (χ2v) is 9.77. The van der Waals surface area contributed by atoms with E-state index < -0.39 is 10.0 Å². The Hall–Kier alpha value is -2.68. The van der Waals surface area contributed by atoms with Gasteiger partial charge in [0.05, 0.1) is 18.4 Å². The van der Waals surface area contributed by atoms with Crippen molar-refractivity contribution in [2.75, 3.05) is 0 Å². The standard InChI is InChI=1S/C21H20ClN5O2S/c22-18-3-1-2-15(8-18)9-24-30(28,29)20-10-23-27(14-20)13-19-12-26-11-17(16-4-5-16)6-7-21(26)25-19/h1-3,6-8,10-12,14,16,24H,4-5,9,13H2. The second-order valence-electron chi connectivity index (χ2n) is 7.56. The van der Waals surface area contributed by atoms with Crippen LogP contribution in [0.2, 0.25) is 5.02 Å². The molecule has 5 rings (SSSR count). The minimum atomic E-state index is -3.68. The fraction of sp³-hybridized carbons (Fsp3) is 0.238. The molecule has 7 nitrogen and oxygen atoms in total. The van der Waals surface area contributed by atoms with Gasteiger partial charge in [-0.25, -0.2) is 18.1 Å². The molecule has 154 valence electrons. The van der Waals surface area contributed by atoms with Gasteiger partial charge in [-0.1, -0.05) is 29.8 Å². The molecule has 0 bridgehead atoms. The molecule has 9 heteroatoms. The summed E-state index contributed by atoms with van der Waals surface area (Å²) in [4.78, 5) is 4.72. The van der Waals surface area contributed by atoms with E-state index in [1.54, 1.807) is 22.9 Å². The van der Waals surface area contributed by atoms with Gasteiger partial charge in [0.25, 0.3) is 0 Å². The molecule has 0 aliphatic heterocycles. The summed E-state index contributed by atoms with van der Waals surface area (Å²) in [6, 6.07) is 11.2. The van der Waals surface area contributed by atoms with Crippen molar-refractivity contribution in [1.82, 2.24) is 23.9 Å². The van der Waals surface area contributed by atoms with E-state index in [1.807, 2.05) is 22.7 Å². The smallest absolute Gasteiger partial charge is 0.243 e. The van der Waals surface area contributed by atoms with Gasteiger partial charge in [-0.15, -0.1) is 0 Å². The lowest BCUT2D eigenvalue weighted by Crippen LogP contribution is -2.22. The van der Waals surface area contributed by atoms with Crippen LogP contribution in [0.1, 0.15) is 35.6 Å². The quantitative estimate of drug-likeness (QED) is 0.475. The van der Waals surface area contributed by atoms with Gasteiger partial charge in [0.15, 0.2) is 0 Å². The molecule has 4 aromatic rings. The first-order valence-corrected chi connectivity index (χ1v) is 11.6. The van der Waals surface area contributed by atoms with Crippen molar-refractivity contribution < 1.29 is 8.42 Å². The molecule has 1 N–H and O–H groups in total. The molecule has 0 atom stereocenters. The number of nitrogens with one attached hydrogen (secondary N) is 1. The lowest BCUT2D eigenvalue weighted by molar-refractivity contribution is 0.581. The molecule has 1 aromatic carbocycles. The van der Waals surface area contributed by atoms with Crippen LogP contribution < -0.4 is 4.72 Å². The van der Waals surface area contributed by atoms with Crippen molar-refractivity contribution in [2.24, 2.45) is 0 Å². The second kappa shape index (κ2) is 7.54. The predicted molar refractivity (Wildman–Crippen MR) is 114 cm³/mol. The Labute approximate surface area is 179 Å². The summed E-state index contributed by atoms with van der Waals surface area (Å²) in [5.74, 6) is 0.679. The lowest BCUT2D eigenvalue weighted by Gasteiger charge is -2.05. The molecule has 3 aromatic heterocycles. The summed E-state index contributed by atoms with van der Waals surface area (Å²) in [7, 11) is -3.68. The zero-order valence-corrected chi connectivity index (χ0v) is 17.6. The molecular formula is C21H20ClN5O2S. The molecule has 0 amide bonds. The molecule has 1 saturated carbocycles. The monoisotopic (exact) mass is 441 g/mol. The summed E-state index contributed by atoms with van der Waals surface area (Å²) < 4.78 is 31.4. The van der Waals surface area contributed by atoms with E-state index in [9.17, 15) is 8.42 Å². The maximum absolute atomic E-state index is 12.6. The van der Waals surface area contributed by atoms with Gasteiger partial charge in [0, 0.05) is 30.2 Å². The Bertz CT molecular complexity index is 1320. The van der Waals surface area contributed by atoms with Gasteiger partial charge in [0.2, 0.25) is 10.0 Å². The first-order valence-electron chi connectivity index (χ1n) is 9.70. The number of sulfonamides is 1. The Morgan fingerprint density at radius 1 is 1.13 bits per heavy atom. The number of rotatable bonds is 7. The molecule has 30 heavy (non-hydrogen) atoms. The van der Waals surface area contributed by atoms with Gasteiger partial charge in [0.1, 0.15) is 10.5 Å². The zero-order valence-electron chi connectivity index (χ0n) is 16.1. The average Bonchev–Trinajstić information content (AvgIpc) is 3.32. The highest BCUT2D eigenvalue weighted by atomic mass is 35.5. The third-order valence-electron chi connectivity index (χ3n) is 5.17. The minimum Gasteiger partial charge on any atom is -0.306 e. The van der Waals surface area contributed by atoms with Gasteiger partial charge in [-0.05, 0) is 48.1 Å². The van der Waals surface area contributed by atoms with Crippen molar-refractivity contribution in [1.29, 1.82) is 0 Å². The number of nitrogens with zero attached hydrogens (tertiary/aromatic N) is 4. The number of hydrogen-bond donors (Lipinski definition) is 1. The minimum absolute atomic E-state index is 0.115. The molecule has 0 saturated heterocycles. The summed E-state index contributed by atoms with van der Waals surface area (Å²) >= 11 is 5.95. The van der Waals surface area contributed by atoms with E-state index in [1.165, 1.54) is 30.8 Å². The molecule has 0 spiro atoms. The van der Waals surface area contributed by atoms with Crippen LogP contribution in [0.4, 0.5) is 0 Å². The van der Waals surface area contributed by atoms with E-state index in [-0.39, 0.29) is 11.4 Å². The largest absolute Gasteiger partial charge is 0.306 e. The highest BCUT2D eigenvalue weighted by Crippen LogP contribution is 2.39. The van der Waals surface area contributed by atoms with Crippen LogP contribution in [0.15, 0.2) is 66.1 Å². The van der Waals surface area contributed by atoms with Crippen molar-refractivity contribution in [2.45, 2.75) is 36.7 Å². The zero-order chi connectivity index (χ0) is 20.7. The Kier molecular flexibility index (Phi) is 4.85. The maximum Gasteiger partial charge on any atom is 0.243 e. The van der Waals surface area contributed by atoms with Crippen LogP contribution in [0.5, 0.6) is 0 Å². The summed E-state index contributed by atoms with van der Waals surface area (Å²) in [5, 5.41) is 4.77. The van der Waals surface area contributed by atoms with Crippen molar-refractivity contribution in [3.05, 3.63) is 83.0 Å². The van der Waals surface area contributed by atoms with Crippen LogP contribution in [0.3, 0.4) is 0 Å². The van der Waals surface area contributed by atoms with Crippen LogP contribution in [0, 0.1) is 0 Å². The van der Waals surface area contributed by atoms with Crippen LogP contribution in [-0.2, 0) is 23.1 Å². The van der Waals surface area contributed by atoms with Crippen molar-refractivity contribution >= 4 is 27.3 Å². The molecule has 3 heterocycles. The molecule has 1 fully saturated rings. The van der Waals surface area contributed by atoms with E-state index in [0.717, 1.165) is 16.9 Å². The number of pyridine rings is 1. The lowest BCUT2D eigenvalue weighted by atomic mass is 10.2. The van der Waals surface area contributed by atoms with Gasteiger partial charge in [-0.3, -0.25) is 4.68 Å². The highest BCUT2D eigenvalue weighted by molar-refractivity contribution is 7.89. The summed E-state index contributed by atoms with van der Waals surface area (Å²) in [5.41, 5.74) is 3.82. The van der Waals surface area contributed by atoms with Gasteiger partial charge < -0.3 is 4.40 Å². The van der Waals surface area contributed by atoms with Crippen LogP contribution in [0.25, 0.3) is 5.65 Å². The fourth-order valence-electron chi connectivity index (χ4n) is 3.44. The third-order valence-corrected chi connectivity index (χ3v) is 6.76. The number of hydrogen-bond acceptors (Lipinski definition) is 4. The first kappa shape index (κ1) is 19.3.